The molecule has 3 N–H and O–H groups in total. The van der Waals surface area contributed by atoms with Crippen molar-refractivity contribution in [2.45, 2.75) is 26.3 Å². The molecule has 0 aliphatic carbocycles. The molecule has 0 radical (unpaired) electrons. The van der Waals surface area contributed by atoms with E-state index in [4.69, 9.17) is 10.5 Å². The molecule has 0 aliphatic heterocycles. The van der Waals surface area contributed by atoms with Gasteiger partial charge in [-0.05, 0) is 41.1 Å². The average molecular weight is 317 g/mol. The highest BCUT2D eigenvalue weighted by Gasteiger charge is 2.03. The number of unbranched alkanes of at least 4 members (excludes halogenated alkanes) is 1. The largest absolute Gasteiger partial charge is 0.497 e. The van der Waals surface area contributed by atoms with Crippen molar-refractivity contribution in [3.63, 3.8) is 0 Å². The Kier molecular flexibility index (Phi) is 6.27. The third kappa shape index (κ3) is 4.77. The minimum absolute atomic E-state index is 0.521. The number of hydrogen-bond acceptors (Lipinski definition) is 3. The molecule has 1 aromatic heterocycles. The van der Waals surface area contributed by atoms with Crippen LogP contribution in [0.1, 0.15) is 24.6 Å². The lowest BCUT2D eigenvalue weighted by Crippen LogP contribution is -2.32. The number of thiophene rings is 1. The quantitative estimate of drug-likeness (QED) is 0.466. The van der Waals surface area contributed by atoms with Gasteiger partial charge in [-0.1, -0.05) is 25.5 Å². The smallest absolute Gasteiger partial charge is 0.188 e. The first-order chi connectivity index (χ1) is 10.7. The summed E-state index contributed by atoms with van der Waals surface area (Å²) in [5.41, 5.74) is 8.23. The van der Waals surface area contributed by atoms with Gasteiger partial charge in [0.05, 0.1) is 13.7 Å². The molecule has 0 spiro atoms. The van der Waals surface area contributed by atoms with Gasteiger partial charge in [0.2, 0.25) is 0 Å². The number of nitrogens with two attached hydrogens (primary N) is 1. The standard InChI is InChI=1S/C17H23N3OS/c1-3-4-9-19-17(18)20-11-16-10-14(12-22-16)13-5-7-15(21-2)8-6-13/h5-8,10,12H,3-4,9,11H2,1-2H3,(H3,18,19,20). The van der Waals surface area contributed by atoms with Gasteiger partial charge in [0.25, 0.3) is 0 Å². The van der Waals surface area contributed by atoms with Crippen LogP contribution in [0.2, 0.25) is 0 Å². The van der Waals surface area contributed by atoms with E-state index in [0.717, 1.165) is 25.1 Å². The van der Waals surface area contributed by atoms with Crippen molar-refractivity contribution in [2.75, 3.05) is 13.7 Å². The van der Waals surface area contributed by atoms with Crippen molar-refractivity contribution in [2.24, 2.45) is 10.7 Å². The van der Waals surface area contributed by atoms with Crippen LogP contribution in [0.4, 0.5) is 0 Å². The fourth-order valence-electron chi connectivity index (χ4n) is 2.01. The topological polar surface area (TPSA) is 59.6 Å². The normalized spacial score (nSPS) is 11.5. The van der Waals surface area contributed by atoms with E-state index in [1.54, 1.807) is 18.4 Å². The van der Waals surface area contributed by atoms with Crippen molar-refractivity contribution >= 4 is 17.3 Å². The number of hydrogen-bond donors (Lipinski definition) is 2. The molecule has 2 aromatic rings. The summed E-state index contributed by atoms with van der Waals surface area (Å²) < 4.78 is 5.18. The molecule has 2 rings (SSSR count). The van der Waals surface area contributed by atoms with E-state index >= 15 is 0 Å². The minimum atomic E-state index is 0.521. The molecule has 0 unspecified atom stereocenters. The van der Waals surface area contributed by atoms with Gasteiger partial charge in [0.1, 0.15) is 5.75 Å². The molecule has 4 nitrogen and oxygen atoms in total. The Morgan fingerprint density at radius 1 is 1.27 bits per heavy atom. The van der Waals surface area contributed by atoms with Crippen LogP contribution < -0.4 is 15.8 Å². The number of nitrogens with zero attached hydrogens (tertiary/aromatic N) is 1. The van der Waals surface area contributed by atoms with Gasteiger partial charge in [-0.2, -0.15) is 0 Å². The lowest BCUT2D eigenvalue weighted by Gasteiger charge is -2.03. The molecule has 0 saturated carbocycles. The second-order valence-corrected chi connectivity index (χ2v) is 6.01. The predicted molar refractivity (Wildman–Crippen MR) is 94.5 cm³/mol. The molecule has 0 aliphatic rings. The molecule has 118 valence electrons. The average Bonchev–Trinajstić information content (AvgIpc) is 3.02. The Morgan fingerprint density at radius 2 is 2.05 bits per heavy atom. The van der Waals surface area contributed by atoms with Crippen LogP contribution in [0.3, 0.4) is 0 Å². The van der Waals surface area contributed by atoms with E-state index in [0.29, 0.717) is 12.5 Å². The monoisotopic (exact) mass is 317 g/mol. The highest BCUT2D eigenvalue weighted by molar-refractivity contribution is 7.10. The number of ether oxygens (including phenoxy) is 1. The second kappa shape index (κ2) is 8.44. The van der Waals surface area contributed by atoms with E-state index in [2.05, 4.69) is 40.8 Å². The van der Waals surface area contributed by atoms with E-state index in [-0.39, 0.29) is 0 Å². The first kappa shape index (κ1) is 16.4. The fourth-order valence-corrected chi connectivity index (χ4v) is 2.83. The van der Waals surface area contributed by atoms with Gasteiger partial charge in [-0.25, -0.2) is 4.99 Å². The summed E-state index contributed by atoms with van der Waals surface area (Å²) in [4.78, 5) is 5.57. The Labute approximate surface area is 136 Å². The minimum Gasteiger partial charge on any atom is -0.497 e. The molecule has 0 amide bonds. The number of aliphatic imine (C=N–C) groups is 1. The summed E-state index contributed by atoms with van der Waals surface area (Å²) in [6.45, 7) is 3.65. The molecular weight excluding hydrogens is 294 g/mol. The highest BCUT2D eigenvalue weighted by Crippen LogP contribution is 2.27. The molecule has 0 bridgehead atoms. The first-order valence-electron chi connectivity index (χ1n) is 7.48. The Balaban J connectivity index is 1.94. The lowest BCUT2D eigenvalue weighted by molar-refractivity contribution is 0.415. The van der Waals surface area contributed by atoms with E-state index < -0.39 is 0 Å². The molecule has 5 heteroatoms. The lowest BCUT2D eigenvalue weighted by atomic mass is 10.1. The van der Waals surface area contributed by atoms with Gasteiger partial charge in [-0.3, -0.25) is 0 Å². The number of benzene rings is 1. The van der Waals surface area contributed by atoms with Crippen LogP contribution in [0.25, 0.3) is 11.1 Å². The highest BCUT2D eigenvalue weighted by atomic mass is 32.1. The summed E-state index contributed by atoms with van der Waals surface area (Å²) in [5.74, 6) is 1.39. The van der Waals surface area contributed by atoms with E-state index in [1.165, 1.54) is 16.0 Å². The van der Waals surface area contributed by atoms with Gasteiger partial charge in [-0.15, -0.1) is 11.3 Å². The molecule has 1 heterocycles. The van der Waals surface area contributed by atoms with Gasteiger partial charge >= 0.3 is 0 Å². The zero-order valence-corrected chi connectivity index (χ0v) is 14.0. The predicted octanol–water partition coefficient (Wildman–Crippen LogP) is 3.63. The van der Waals surface area contributed by atoms with Crippen molar-refractivity contribution in [3.8, 4) is 16.9 Å². The summed E-state index contributed by atoms with van der Waals surface area (Å²) in [6, 6.07) is 10.2. The van der Waals surface area contributed by atoms with Crippen LogP contribution >= 0.6 is 11.3 Å². The van der Waals surface area contributed by atoms with Gasteiger partial charge < -0.3 is 15.8 Å². The van der Waals surface area contributed by atoms with Gasteiger partial charge in [0.15, 0.2) is 5.96 Å². The summed E-state index contributed by atoms with van der Waals surface area (Å²) in [6.07, 6.45) is 2.26. The van der Waals surface area contributed by atoms with Crippen molar-refractivity contribution in [1.29, 1.82) is 0 Å². The summed E-state index contributed by atoms with van der Waals surface area (Å²) in [5, 5.41) is 5.27. The molecule has 1 aromatic carbocycles. The Morgan fingerprint density at radius 3 is 2.73 bits per heavy atom. The maximum absolute atomic E-state index is 5.84. The van der Waals surface area contributed by atoms with Crippen LogP contribution in [0.5, 0.6) is 5.75 Å². The number of guanidine groups is 1. The first-order valence-corrected chi connectivity index (χ1v) is 8.36. The summed E-state index contributed by atoms with van der Waals surface area (Å²) in [7, 11) is 1.68. The zero-order chi connectivity index (χ0) is 15.8. The maximum Gasteiger partial charge on any atom is 0.188 e. The maximum atomic E-state index is 5.84. The molecule has 22 heavy (non-hydrogen) atoms. The van der Waals surface area contributed by atoms with Gasteiger partial charge in [0, 0.05) is 11.4 Å². The summed E-state index contributed by atoms with van der Waals surface area (Å²) >= 11 is 1.70. The second-order valence-electron chi connectivity index (χ2n) is 5.01. The zero-order valence-electron chi connectivity index (χ0n) is 13.1. The fraction of sp³-hybridized carbons (Fsp3) is 0.353. The van der Waals surface area contributed by atoms with E-state index in [1.807, 2.05) is 12.1 Å². The van der Waals surface area contributed by atoms with Crippen molar-refractivity contribution in [3.05, 3.63) is 40.6 Å². The van der Waals surface area contributed by atoms with Crippen LogP contribution in [0, 0.1) is 0 Å². The third-order valence-electron chi connectivity index (χ3n) is 3.32. The molecular formula is C17H23N3OS. The SMILES string of the molecule is CCCCNC(N)=NCc1cc(-c2ccc(OC)cc2)cs1. The van der Waals surface area contributed by atoms with Crippen LogP contribution in [-0.4, -0.2) is 19.6 Å². The number of methoxy groups -OCH3 is 1. The number of nitrogens with one attached hydrogen (secondary N) is 1. The molecule has 0 atom stereocenters. The van der Waals surface area contributed by atoms with Crippen LogP contribution in [-0.2, 0) is 6.54 Å². The Bertz CT molecular complexity index is 605. The van der Waals surface area contributed by atoms with E-state index in [9.17, 15) is 0 Å². The number of rotatable bonds is 7. The Hall–Kier alpha value is -2.01. The van der Waals surface area contributed by atoms with Crippen LogP contribution in [0.15, 0.2) is 40.7 Å². The van der Waals surface area contributed by atoms with Crippen molar-refractivity contribution < 1.29 is 4.74 Å². The van der Waals surface area contributed by atoms with Crippen molar-refractivity contribution in [1.82, 2.24) is 5.32 Å². The molecule has 0 saturated heterocycles. The third-order valence-corrected chi connectivity index (χ3v) is 4.24. The molecule has 0 fully saturated rings.